The zero-order valence-electron chi connectivity index (χ0n) is 12.7. The van der Waals surface area contributed by atoms with Crippen molar-refractivity contribution in [2.45, 2.75) is 0 Å². The van der Waals surface area contributed by atoms with Gasteiger partial charge in [0.25, 0.3) is 0 Å². The Bertz CT molecular complexity index is 966. The van der Waals surface area contributed by atoms with Crippen LogP contribution in [0.2, 0.25) is 0 Å². The van der Waals surface area contributed by atoms with Crippen molar-refractivity contribution >= 4 is 24.1 Å². The molecule has 106 valence electrons. The molecule has 4 aromatic carbocycles. The highest BCUT2D eigenvalue weighted by atomic mass is 14.1. The summed E-state index contributed by atoms with van der Waals surface area (Å²) in [7, 11) is 6.18. The third-order valence-electron chi connectivity index (χ3n) is 4.16. The summed E-state index contributed by atoms with van der Waals surface area (Å²) < 4.78 is 0. The van der Waals surface area contributed by atoms with Gasteiger partial charge in [-0.3, -0.25) is 0 Å². The molecule has 4 aromatic rings. The highest BCUT2D eigenvalue weighted by molar-refractivity contribution is 6.33. The van der Waals surface area contributed by atoms with Gasteiger partial charge in [0.05, 0.1) is 0 Å². The lowest BCUT2D eigenvalue weighted by molar-refractivity contribution is 1.62. The normalized spacial score (nSPS) is 10.8. The van der Waals surface area contributed by atoms with Crippen LogP contribution in [0, 0.1) is 0 Å². The van der Waals surface area contributed by atoms with E-state index in [0.29, 0.717) is 0 Å². The number of hydrogen-bond donors (Lipinski definition) is 0. The minimum Gasteiger partial charge on any atom is -0.0955 e. The van der Waals surface area contributed by atoms with Crippen molar-refractivity contribution in [1.29, 1.82) is 0 Å². The van der Waals surface area contributed by atoms with E-state index >= 15 is 0 Å². The summed E-state index contributed by atoms with van der Waals surface area (Å²) in [4.78, 5) is 0. The third kappa shape index (κ3) is 2.66. The Morgan fingerprint density at radius 3 is 2.09 bits per heavy atom. The Morgan fingerprint density at radius 1 is 0.522 bits per heavy atom. The quantitative estimate of drug-likeness (QED) is 0.457. The molecule has 0 fully saturated rings. The predicted molar refractivity (Wildman–Crippen MR) is 100 cm³/mol. The monoisotopic (exact) mass is 290 g/mol. The summed E-state index contributed by atoms with van der Waals surface area (Å²) in [6.45, 7) is 0. The highest BCUT2D eigenvalue weighted by Crippen LogP contribution is 2.30. The first-order valence-electron chi connectivity index (χ1n) is 7.75. The molecular weight excluding hydrogens is 275 g/mol. The van der Waals surface area contributed by atoms with Crippen LogP contribution in [0.3, 0.4) is 0 Å². The topological polar surface area (TPSA) is 0 Å². The number of benzene rings is 4. The van der Waals surface area contributed by atoms with Crippen molar-refractivity contribution in [2.24, 2.45) is 0 Å². The Morgan fingerprint density at radius 2 is 1.22 bits per heavy atom. The minimum atomic E-state index is 0.786. The second kappa shape index (κ2) is 5.77. The summed E-state index contributed by atoms with van der Waals surface area (Å²) in [6.07, 6.45) is 0. The molecule has 0 aliphatic heterocycles. The van der Waals surface area contributed by atoms with Crippen LogP contribution in [-0.4, -0.2) is 7.85 Å². The fourth-order valence-electron chi connectivity index (χ4n) is 3.08. The van der Waals surface area contributed by atoms with Gasteiger partial charge < -0.3 is 0 Å². The molecule has 0 saturated heterocycles. The molecule has 0 atom stereocenters. The van der Waals surface area contributed by atoms with Gasteiger partial charge >= 0.3 is 0 Å². The van der Waals surface area contributed by atoms with Gasteiger partial charge in [0.15, 0.2) is 0 Å². The average Bonchev–Trinajstić information content (AvgIpc) is 2.61. The van der Waals surface area contributed by atoms with Crippen LogP contribution in [0.5, 0.6) is 0 Å². The van der Waals surface area contributed by atoms with Gasteiger partial charge in [-0.1, -0.05) is 90.4 Å². The molecule has 0 nitrogen and oxygen atoms in total. The third-order valence-corrected chi connectivity index (χ3v) is 4.16. The van der Waals surface area contributed by atoms with E-state index in [9.17, 15) is 0 Å². The molecule has 0 unspecified atom stereocenters. The zero-order valence-corrected chi connectivity index (χ0v) is 12.7. The van der Waals surface area contributed by atoms with E-state index in [1.165, 1.54) is 21.9 Å². The first kappa shape index (κ1) is 13.8. The van der Waals surface area contributed by atoms with Crippen LogP contribution in [0.15, 0.2) is 91.0 Å². The number of rotatable bonds is 2. The molecule has 0 bridgehead atoms. The second-order valence-electron chi connectivity index (χ2n) is 5.74. The molecule has 1 heteroatoms. The van der Waals surface area contributed by atoms with Gasteiger partial charge in [-0.05, 0) is 39.1 Å². The maximum absolute atomic E-state index is 6.18. The lowest BCUT2D eigenvalue weighted by atomic mass is 9.87. The SMILES string of the molecule is [B]c1cc(-c2ccccc2)cc(-c2cccc3ccccc23)c1. The first-order chi connectivity index (χ1) is 11.3. The maximum atomic E-state index is 6.18. The smallest absolute Gasteiger partial charge is 0.0955 e. The van der Waals surface area contributed by atoms with Gasteiger partial charge in [0.2, 0.25) is 0 Å². The lowest BCUT2D eigenvalue weighted by Crippen LogP contribution is -2.02. The van der Waals surface area contributed by atoms with Crippen molar-refractivity contribution in [1.82, 2.24) is 0 Å². The first-order valence-corrected chi connectivity index (χ1v) is 7.75. The van der Waals surface area contributed by atoms with Crippen LogP contribution in [0.1, 0.15) is 0 Å². The molecule has 0 N–H and O–H groups in total. The molecular formula is C22H15B. The minimum absolute atomic E-state index is 0.786. The fourth-order valence-corrected chi connectivity index (χ4v) is 3.08. The molecule has 2 radical (unpaired) electrons. The summed E-state index contributed by atoms with van der Waals surface area (Å²) >= 11 is 0. The van der Waals surface area contributed by atoms with Crippen molar-refractivity contribution in [3.05, 3.63) is 91.0 Å². The van der Waals surface area contributed by atoms with Gasteiger partial charge in [0.1, 0.15) is 7.85 Å². The second-order valence-corrected chi connectivity index (χ2v) is 5.74. The van der Waals surface area contributed by atoms with E-state index in [1.54, 1.807) is 0 Å². The van der Waals surface area contributed by atoms with E-state index < -0.39 is 0 Å². The lowest BCUT2D eigenvalue weighted by Gasteiger charge is -2.11. The van der Waals surface area contributed by atoms with Gasteiger partial charge in [-0.2, -0.15) is 0 Å². The molecule has 0 spiro atoms. The van der Waals surface area contributed by atoms with Crippen LogP contribution < -0.4 is 5.46 Å². The van der Waals surface area contributed by atoms with Crippen molar-refractivity contribution in [2.75, 3.05) is 0 Å². The highest BCUT2D eigenvalue weighted by Gasteiger charge is 2.06. The summed E-state index contributed by atoms with van der Waals surface area (Å²) in [6, 6.07) is 31.5. The van der Waals surface area contributed by atoms with Crippen molar-refractivity contribution in [3.63, 3.8) is 0 Å². The van der Waals surface area contributed by atoms with E-state index in [-0.39, 0.29) is 0 Å². The standard InChI is InChI=1S/C22H15B/c23-20-14-18(16-7-2-1-3-8-16)13-19(15-20)22-12-6-10-17-9-4-5-11-21(17)22/h1-15H. The summed E-state index contributed by atoms with van der Waals surface area (Å²) in [5.41, 5.74) is 5.48. The van der Waals surface area contributed by atoms with E-state index in [0.717, 1.165) is 16.6 Å². The van der Waals surface area contributed by atoms with Gasteiger partial charge in [0, 0.05) is 0 Å². The molecule has 0 saturated carbocycles. The molecule has 0 aromatic heterocycles. The van der Waals surface area contributed by atoms with Gasteiger partial charge in [-0.15, -0.1) is 0 Å². The van der Waals surface area contributed by atoms with E-state index in [2.05, 4.69) is 72.8 Å². The number of hydrogen-bond acceptors (Lipinski definition) is 0. The fraction of sp³-hybridized carbons (Fsp3) is 0. The molecule has 0 aliphatic carbocycles. The average molecular weight is 290 g/mol. The molecule has 4 rings (SSSR count). The summed E-state index contributed by atoms with van der Waals surface area (Å²) in [5, 5.41) is 2.49. The summed E-state index contributed by atoms with van der Waals surface area (Å²) in [5.74, 6) is 0. The Labute approximate surface area is 137 Å². The largest absolute Gasteiger partial charge is 0.113 e. The van der Waals surface area contributed by atoms with Crippen LogP contribution in [0.25, 0.3) is 33.0 Å². The molecule has 0 heterocycles. The van der Waals surface area contributed by atoms with Crippen LogP contribution in [0.4, 0.5) is 0 Å². The zero-order chi connectivity index (χ0) is 15.6. The Balaban J connectivity index is 1.94. The van der Waals surface area contributed by atoms with Crippen molar-refractivity contribution < 1.29 is 0 Å². The van der Waals surface area contributed by atoms with Crippen molar-refractivity contribution in [3.8, 4) is 22.3 Å². The Kier molecular flexibility index (Phi) is 3.47. The van der Waals surface area contributed by atoms with Crippen LogP contribution >= 0.6 is 0 Å². The molecule has 23 heavy (non-hydrogen) atoms. The van der Waals surface area contributed by atoms with E-state index in [4.69, 9.17) is 7.85 Å². The maximum Gasteiger partial charge on any atom is 0.113 e. The van der Waals surface area contributed by atoms with Crippen LogP contribution in [-0.2, 0) is 0 Å². The molecule has 0 amide bonds. The predicted octanol–water partition coefficient (Wildman–Crippen LogP) is 4.97. The number of fused-ring (bicyclic) bond motifs is 1. The van der Waals surface area contributed by atoms with Gasteiger partial charge in [-0.25, -0.2) is 0 Å². The molecule has 0 aliphatic rings. The Hall–Kier alpha value is -2.80. The van der Waals surface area contributed by atoms with E-state index in [1.807, 2.05) is 18.2 Å².